The van der Waals surface area contributed by atoms with Crippen molar-refractivity contribution in [2.45, 2.75) is 26.2 Å². The molecule has 1 amide bonds. The van der Waals surface area contributed by atoms with E-state index in [0.29, 0.717) is 6.42 Å². The van der Waals surface area contributed by atoms with Crippen LogP contribution in [0, 0.1) is 0 Å². The Kier molecular flexibility index (Phi) is 3.13. The summed E-state index contributed by atoms with van der Waals surface area (Å²) in [5, 5.41) is 2.93. The van der Waals surface area contributed by atoms with Gasteiger partial charge in [0.15, 0.2) is 0 Å². The van der Waals surface area contributed by atoms with Gasteiger partial charge in [0.05, 0.1) is 0 Å². The molecule has 2 rings (SSSR count). The van der Waals surface area contributed by atoms with Crippen LogP contribution in [0.5, 0.6) is 0 Å². The summed E-state index contributed by atoms with van der Waals surface area (Å²) in [5.41, 5.74) is 3.52. The first-order valence-corrected chi connectivity index (χ1v) is 5.84. The van der Waals surface area contributed by atoms with Gasteiger partial charge in [-0.05, 0) is 30.5 Å². The lowest BCUT2D eigenvalue weighted by atomic mass is 10.1. The smallest absolute Gasteiger partial charge is 0.224 e. The van der Waals surface area contributed by atoms with Gasteiger partial charge >= 0.3 is 0 Å². The number of anilines is 2. The third-order valence-electron chi connectivity index (χ3n) is 2.97. The van der Waals surface area contributed by atoms with Crippen LogP contribution in [0.1, 0.15) is 25.3 Å². The van der Waals surface area contributed by atoms with E-state index in [1.807, 2.05) is 13.0 Å². The van der Waals surface area contributed by atoms with Crippen molar-refractivity contribution in [2.75, 3.05) is 23.8 Å². The molecule has 1 aromatic carbocycles. The van der Waals surface area contributed by atoms with Gasteiger partial charge in [-0.1, -0.05) is 13.0 Å². The maximum Gasteiger partial charge on any atom is 0.224 e. The van der Waals surface area contributed by atoms with E-state index in [1.165, 1.54) is 11.3 Å². The summed E-state index contributed by atoms with van der Waals surface area (Å²) in [6, 6.07) is 6.17. The Labute approximate surface area is 96.5 Å². The number of amides is 1. The average molecular weight is 218 g/mol. The van der Waals surface area contributed by atoms with Gasteiger partial charge in [0.1, 0.15) is 0 Å². The molecule has 0 saturated heterocycles. The molecule has 0 atom stereocenters. The van der Waals surface area contributed by atoms with E-state index < -0.39 is 0 Å². The first kappa shape index (κ1) is 11.0. The third kappa shape index (κ3) is 2.18. The van der Waals surface area contributed by atoms with Gasteiger partial charge in [-0.3, -0.25) is 4.79 Å². The topological polar surface area (TPSA) is 32.3 Å². The highest BCUT2D eigenvalue weighted by atomic mass is 16.1. The predicted molar refractivity (Wildman–Crippen MR) is 67.0 cm³/mol. The second kappa shape index (κ2) is 4.56. The zero-order valence-electron chi connectivity index (χ0n) is 9.92. The van der Waals surface area contributed by atoms with Gasteiger partial charge in [-0.2, -0.15) is 0 Å². The van der Waals surface area contributed by atoms with Gasteiger partial charge in [0.2, 0.25) is 5.91 Å². The van der Waals surface area contributed by atoms with E-state index in [1.54, 1.807) is 0 Å². The fourth-order valence-corrected chi connectivity index (χ4v) is 2.07. The minimum absolute atomic E-state index is 0.100. The van der Waals surface area contributed by atoms with E-state index in [4.69, 9.17) is 0 Å². The minimum Gasteiger partial charge on any atom is -0.374 e. The molecule has 0 bridgehead atoms. The second-order valence-electron chi connectivity index (χ2n) is 4.31. The summed E-state index contributed by atoms with van der Waals surface area (Å²) >= 11 is 0. The molecule has 3 heteroatoms. The van der Waals surface area contributed by atoms with Crippen LogP contribution in [0.15, 0.2) is 18.2 Å². The molecule has 1 heterocycles. The van der Waals surface area contributed by atoms with E-state index in [2.05, 4.69) is 29.4 Å². The van der Waals surface area contributed by atoms with E-state index in [0.717, 1.165) is 25.1 Å². The van der Waals surface area contributed by atoms with Gasteiger partial charge in [0, 0.05) is 31.4 Å². The van der Waals surface area contributed by atoms with Crippen LogP contribution in [-0.4, -0.2) is 19.5 Å². The van der Waals surface area contributed by atoms with Crippen LogP contribution in [-0.2, 0) is 11.2 Å². The van der Waals surface area contributed by atoms with Crippen molar-refractivity contribution in [3.8, 4) is 0 Å². The van der Waals surface area contributed by atoms with Crippen molar-refractivity contribution in [2.24, 2.45) is 0 Å². The van der Waals surface area contributed by atoms with Crippen LogP contribution < -0.4 is 10.2 Å². The Morgan fingerprint density at radius 1 is 1.50 bits per heavy atom. The molecule has 1 N–H and O–H groups in total. The molecule has 0 unspecified atom stereocenters. The Morgan fingerprint density at radius 3 is 3.06 bits per heavy atom. The third-order valence-corrected chi connectivity index (χ3v) is 2.97. The van der Waals surface area contributed by atoms with E-state index >= 15 is 0 Å². The van der Waals surface area contributed by atoms with E-state index in [9.17, 15) is 4.79 Å². The van der Waals surface area contributed by atoms with Crippen LogP contribution in [0.2, 0.25) is 0 Å². The number of fused-ring (bicyclic) bond motifs is 1. The van der Waals surface area contributed by atoms with E-state index in [-0.39, 0.29) is 5.91 Å². The van der Waals surface area contributed by atoms with Crippen LogP contribution in [0.4, 0.5) is 11.4 Å². The fourth-order valence-electron chi connectivity index (χ4n) is 2.07. The summed E-state index contributed by atoms with van der Waals surface area (Å²) < 4.78 is 0. The molecule has 0 saturated carbocycles. The van der Waals surface area contributed by atoms with Crippen LogP contribution >= 0.6 is 0 Å². The lowest BCUT2D eigenvalue weighted by Crippen LogP contribution is -2.13. The molecule has 1 aliphatic rings. The zero-order chi connectivity index (χ0) is 11.5. The Balaban J connectivity index is 2.12. The minimum atomic E-state index is 0.100. The number of likely N-dealkylation sites (N-methyl/N-ethyl adjacent to an activating group) is 1. The molecule has 1 aliphatic heterocycles. The Hall–Kier alpha value is -1.51. The van der Waals surface area contributed by atoms with Crippen LogP contribution in [0.3, 0.4) is 0 Å². The van der Waals surface area contributed by atoms with Crippen LogP contribution in [0.25, 0.3) is 0 Å². The van der Waals surface area contributed by atoms with Crippen molar-refractivity contribution in [3.63, 3.8) is 0 Å². The van der Waals surface area contributed by atoms with Gasteiger partial charge < -0.3 is 10.2 Å². The lowest BCUT2D eigenvalue weighted by Gasteiger charge is -2.13. The Bertz CT molecular complexity index is 401. The number of hydrogen-bond acceptors (Lipinski definition) is 2. The summed E-state index contributed by atoms with van der Waals surface area (Å²) in [6.07, 6.45) is 2.58. The molecule has 1 aromatic rings. The summed E-state index contributed by atoms with van der Waals surface area (Å²) in [5.74, 6) is 0.100. The molecule has 0 aliphatic carbocycles. The highest BCUT2D eigenvalue weighted by Crippen LogP contribution is 2.29. The van der Waals surface area contributed by atoms with Crippen molar-refractivity contribution < 1.29 is 4.79 Å². The normalized spacial score (nSPS) is 13.8. The molecule has 0 spiro atoms. The van der Waals surface area contributed by atoms with Crippen molar-refractivity contribution >= 4 is 17.3 Å². The first-order valence-electron chi connectivity index (χ1n) is 5.84. The van der Waals surface area contributed by atoms with Gasteiger partial charge in [-0.25, -0.2) is 0 Å². The molecular weight excluding hydrogens is 200 g/mol. The molecule has 3 nitrogen and oxygen atoms in total. The van der Waals surface area contributed by atoms with Gasteiger partial charge in [0.25, 0.3) is 0 Å². The lowest BCUT2D eigenvalue weighted by molar-refractivity contribution is -0.116. The predicted octanol–water partition coefficient (Wildman–Crippen LogP) is 2.42. The zero-order valence-corrected chi connectivity index (χ0v) is 9.92. The number of hydrogen-bond donors (Lipinski definition) is 1. The summed E-state index contributed by atoms with van der Waals surface area (Å²) in [4.78, 5) is 13.7. The molecule has 0 radical (unpaired) electrons. The number of benzene rings is 1. The highest BCUT2D eigenvalue weighted by molar-refractivity contribution is 5.91. The second-order valence-corrected chi connectivity index (χ2v) is 4.31. The largest absolute Gasteiger partial charge is 0.374 e. The maximum atomic E-state index is 11.5. The number of carbonyl (C=O) groups is 1. The molecule has 0 fully saturated rings. The Morgan fingerprint density at radius 2 is 2.31 bits per heavy atom. The maximum absolute atomic E-state index is 11.5. The quantitative estimate of drug-likeness (QED) is 0.845. The summed E-state index contributed by atoms with van der Waals surface area (Å²) in [7, 11) is 2.09. The van der Waals surface area contributed by atoms with Crippen molar-refractivity contribution in [1.82, 2.24) is 0 Å². The monoisotopic (exact) mass is 218 g/mol. The highest BCUT2D eigenvalue weighted by Gasteiger charge is 2.15. The first-order chi connectivity index (χ1) is 7.70. The van der Waals surface area contributed by atoms with Crippen molar-refractivity contribution in [3.05, 3.63) is 23.8 Å². The number of nitrogens with zero attached hydrogens (tertiary/aromatic N) is 1. The SMILES string of the molecule is CCCC(=O)Nc1ccc2c(c1)N(C)CC2. The average Bonchev–Trinajstić information content (AvgIpc) is 2.61. The molecular formula is C13H18N2O. The number of nitrogens with one attached hydrogen (secondary N) is 1. The standard InChI is InChI=1S/C13H18N2O/c1-3-4-13(16)14-11-6-5-10-7-8-15(2)12(10)9-11/h5-6,9H,3-4,7-8H2,1-2H3,(H,14,16). The summed E-state index contributed by atoms with van der Waals surface area (Å²) in [6.45, 7) is 3.08. The number of carbonyl (C=O) groups excluding carboxylic acids is 1. The molecule has 16 heavy (non-hydrogen) atoms. The molecule has 86 valence electrons. The number of rotatable bonds is 3. The fraction of sp³-hybridized carbons (Fsp3) is 0.462. The molecule has 0 aromatic heterocycles. The van der Waals surface area contributed by atoms with Gasteiger partial charge in [-0.15, -0.1) is 0 Å². The van der Waals surface area contributed by atoms with Crippen molar-refractivity contribution in [1.29, 1.82) is 0 Å².